The van der Waals surface area contributed by atoms with Gasteiger partial charge < -0.3 is 4.90 Å². The molecule has 0 spiro atoms. The van der Waals surface area contributed by atoms with Crippen LogP contribution in [0.2, 0.25) is 0 Å². The van der Waals surface area contributed by atoms with E-state index in [1.54, 1.807) is 19.0 Å². The minimum atomic E-state index is -0.0519. The van der Waals surface area contributed by atoms with Gasteiger partial charge in [-0.3, -0.25) is 4.79 Å². The summed E-state index contributed by atoms with van der Waals surface area (Å²) >= 11 is 0. The number of rotatable bonds is 2. The molecule has 0 N–H and O–H groups in total. The molecule has 0 saturated carbocycles. The van der Waals surface area contributed by atoms with E-state index in [0.717, 1.165) is 12.0 Å². The van der Waals surface area contributed by atoms with Gasteiger partial charge >= 0.3 is 0 Å². The number of hydrogen-bond acceptors (Lipinski definition) is 1. The molecule has 1 aliphatic rings. The first-order chi connectivity index (χ1) is 6.63. The van der Waals surface area contributed by atoms with E-state index < -0.39 is 0 Å². The van der Waals surface area contributed by atoms with Gasteiger partial charge in [0.2, 0.25) is 5.91 Å². The van der Waals surface area contributed by atoms with Gasteiger partial charge in [-0.15, -0.1) is 0 Å². The SMILES string of the molecule is CC(C(=O)N(C)C)C1=CC=CCC=C1. The van der Waals surface area contributed by atoms with Crippen molar-refractivity contribution in [1.82, 2.24) is 4.90 Å². The fourth-order valence-electron chi connectivity index (χ4n) is 1.41. The van der Waals surface area contributed by atoms with Crippen molar-refractivity contribution >= 4 is 5.91 Å². The van der Waals surface area contributed by atoms with Gasteiger partial charge in [-0.25, -0.2) is 0 Å². The van der Waals surface area contributed by atoms with Gasteiger partial charge in [0.05, 0.1) is 5.92 Å². The second kappa shape index (κ2) is 4.80. The third-order valence-corrected chi connectivity index (χ3v) is 2.32. The highest BCUT2D eigenvalue weighted by atomic mass is 16.2. The van der Waals surface area contributed by atoms with E-state index in [-0.39, 0.29) is 11.8 Å². The van der Waals surface area contributed by atoms with Crippen molar-refractivity contribution in [2.24, 2.45) is 5.92 Å². The average molecular weight is 191 g/mol. The molecule has 0 bridgehead atoms. The molecule has 1 unspecified atom stereocenters. The Morgan fingerprint density at radius 3 is 2.79 bits per heavy atom. The summed E-state index contributed by atoms with van der Waals surface area (Å²) in [6, 6.07) is 0. The lowest BCUT2D eigenvalue weighted by Gasteiger charge is -2.17. The highest BCUT2D eigenvalue weighted by Gasteiger charge is 2.17. The summed E-state index contributed by atoms with van der Waals surface area (Å²) in [6.07, 6.45) is 11.2. The minimum absolute atomic E-state index is 0.0519. The fraction of sp³-hybridized carbons (Fsp3) is 0.417. The van der Waals surface area contributed by atoms with Crippen LogP contribution in [-0.2, 0) is 4.79 Å². The van der Waals surface area contributed by atoms with Crippen LogP contribution in [0.15, 0.2) is 36.0 Å². The van der Waals surface area contributed by atoms with E-state index in [0.29, 0.717) is 0 Å². The lowest BCUT2D eigenvalue weighted by Crippen LogP contribution is -2.28. The summed E-state index contributed by atoms with van der Waals surface area (Å²) < 4.78 is 0. The van der Waals surface area contributed by atoms with Gasteiger partial charge in [0.1, 0.15) is 0 Å². The second-order valence-electron chi connectivity index (χ2n) is 3.69. The molecule has 14 heavy (non-hydrogen) atoms. The lowest BCUT2D eigenvalue weighted by molar-refractivity contribution is -0.131. The minimum Gasteiger partial charge on any atom is -0.348 e. The van der Waals surface area contributed by atoms with Crippen LogP contribution in [0.5, 0.6) is 0 Å². The first-order valence-corrected chi connectivity index (χ1v) is 4.87. The monoisotopic (exact) mass is 191 g/mol. The van der Waals surface area contributed by atoms with Gasteiger partial charge in [0, 0.05) is 14.1 Å². The summed E-state index contributed by atoms with van der Waals surface area (Å²) in [6.45, 7) is 1.94. The van der Waals surface area contributed by atoms with Gasteiger partial charge in [-0.1, -0.05) is 30.4 Å². The number of hydrogen-bond donors (Lipinski definition) is 0. The highest BCUT2D eigenvalue weighted by Crippen LogP contribution is 2.16. The number of nitrogens with zero attached hydrogens (tertiary/aromatic N) is 1. The second-order valence-corrected chi connectivity index (χ2v) is 3.69. The number of carbonyl (C=O) groups is 1. The van der Waals surface area contributed by atoms with E-state index >= 15 is 0 Å². The third-order valence-electron chi connectivity index (χ3n) is 2.32. The summed E-state index contributed by atoms with van der Waals surface area (Å²) in [5.41, 5.74) is 1.08. The zero-order chi connectivity index (χ0) is 10.6. The zero-order valence-electron chi connectivity index (χ0n) is 9.03. The average Bonchev–Trinajstić information content (AvgIpc) is 2.43. The van der Waals surface area contributed by atoms with Gasteiger partial charge in [0.15, 0.2) is 0 Å². The molecule has 0 radical (unpaired) electrons. The van der Waals surface area contributed by atoms with Crippen molar-refractivity contribution in [3.63, 3.8) is 0 Å². The fourth-order valence-corrected chi connectivity index (χ4v) is 1.41. The Kier molecular flexibility index (Phi) is 3.69. The first-order valence-electron chi connectivity index (χ1n) is 4.87. The molecular weight excluding hydrogens is 174 g/mol. The molecule has 1 aliphatic carbocycles. The van der Waals surface area contributed by atoms with Crippen molar-refractivity contribution in [3.05, 3.63) is 36.0 Å². The Balaban J connectivity index is 2.78. The molecule has 2 nitrogen and oxygen atoms in total. The van der Waals surface area contributed by atoms with E-state index in [4.69, 9.17) is 0 Å². The smallest absolute Gasteiger partial charge is 0.229 e. The Bertz CT molecular complexity index is 297. The topological polar surface area (TPSA) is 20.3 Å². The maximum atomic E-state index is 11.7. The summed E-state index contributed by atoms with van der Waals surface area (Å²) in [5.74, 6) is 0.0974. The third kappa shape index (κ3) is 2.59. The highest BCUT2D eigenvalue weighted by molar-refractivity contribution is 5.81. The van der Waals surface area contributed by atoms with Crippen LogP contribution in [0, 0.1) is 5.92 Å². The van der Waals surface area contributed by atoms with Crippen molar-refractivity contribution in [1.29, 1.82) is 0 Å². The molecule has 0 aliphatic heterocycles. The van der Waals surface area contributed by atoms with Crippen molar-refractivity contribution in [3.8, 4) is 0 Å². The van der Waals surface area contributed by atoms with Gasteiger partial charge in [0.25, 0.3) is 0 Å². The van der Waals surface area contributed by atoms with Crippen molar-refractivity contribution in [2.75, 3.05) is 14.1 Å². The predicted molar refractivity (Wildman–Crippen MR) is 58.8 cm³/mol. The number of amides is 1. The lowest BCUT2D eigenvalue weighted by atomic mass is 9.99. The quantitative estimate of drug-likeness (QED) is 0.655. The Morgan fingerprint density at radius 1 is 1.43 bits per heavy atom. The molecule has 0 aromatic heterocycles. The van der Waals surface area contributed by atoms with Crippen molar-refractivity contribution < 1.29 is 4.79 Å². The van der Waals surface area contributed by atoms with Gasteiger partial charge in [-0.05, 0) is 18.9 Å². The molecule has 2 heteroatoms. The Morgan fingerprint density at radius 2 is 2.14 bits per heavy atom. The molecule has 1 amide bonds. The first kappa shape index (κ1) is 10.8. The van der Waals surface area contributed by atoms with Gasteiger partial charge in [-0.2, -0.15) is 0 Å². The summed E-state index contributed by atoms with van der Waals surface area (Å²) in [4.78, 5) is 13.3. The van der Waals surface area contributed by atoms with Crippen molar-refractivity contribution in [2.45, 2.75) is 13.3 Å². The molecule has 0 aromatic rings. The molecule has 0 saturated heterocycles. The van der Waals surface area contributed by atoms with E-state index in [9.17, 15) is 4.79 Å². The van der Waals surface area contributed by atoms with Crippen LogP contribution in [0.25, 0.3) is 0 Å². The van der Waals surface area contributed by atoms with Crippen LogP contribution in [0.3, 0.4) is 0 Å². The van der Waals surface area contributed by atoms with E-state index in [1.807, 2.05) is 25.2 Å². The Labute approximate surface area is 85.6 Å². The molecule has 1 rings (SSSR count). The Hall–Kier alpha value is -1.31. The van der Waals surface area contributed by atoms with E-state index in [2.05, 4.69) is 12.2 Å². The summed E-state index contributed by atoms with van der Waals surface area (Å²) in [7, 11) is 3.57. The normalized spacial score (nSPS) is 17.2. The van der Waals surface area contributed by atoms with Crippen LogP contribution in [0.4, 0.5) is 0 Å². The van der Waals surface area contributed by atoms with Crippen LogP contribution in [-0.4, -0.2) is 24.9 Å². The summed E-state index contributed by atoms with van der Waals surface area (Å²) in [5, 5.41) is 0. The standard InChI is InChI=1S/C12H17NO/c1-10(12(14)13(2)3)11-8-6-4-5-7-9-11/h4,6-10H,5H2,1-3H3. The molecule has 0 aromatic carbocycles. The largest absolute Gasteiger partial charge is 0.348 e. The molecular formula is C12H17NO. The van der Waals surface area contributed by atoms with Crippen LogP contribution >= 0.6 is 0 Å². The maximum Gasteiger partial charge on any atom is 0.229 e. The molecule has 76 valence electrons. The maximum absolute atomic E-state index is 11.7. The van der Waals surface area contributed by atoms with Crippen LogP contribution < -0.4 is 0 Å². The molecule has 1 atom stereocenters. The molecule has 0 heterocycles. The molecule has 0 fully saturated rings. The number of carbonyl (C=O) groups excluding carboxylic acids is 1. The predicted octanol–water partition coefficient (Wildman–Crippen LogP) is 2.15. The van der Waals surface area contributed by atoms with E-state index in [1.165, 1.54) is 0 Å². The zero-order valence-corrected chi connectivity index (χ0v) is 9.03. The van der Waals surface area contributed by atoms with Crippen LogP contribution in [0.1, 0.15) is 13.3 Å². The number of allylic oxidation sites excluding steroid dienone is 5.